The van der Waals surface area contributed by atoms with Crippen LogP contribution in [-0.2, 0) is 6.54 Å². The Labute approximate surface area is 199 Å². The van der Waals surface area contributed by atoms with Gasteiger partial charge in [-0.15, -0.1) is 0 Å². The highest BCUT2D eigenvalue weighted by atomic mass is 79.9. The molecule has 160 valence electrons. The van der Waals surface area contributed by atoms with Crippen molar-refractivity contribution in [2.75, 3.05) is 0 Å². The van der Waals surface area contributed by atoms with Crippen molar-refractivity contribution < 1.29 is 9.59 Å². The maximum Gasteiger partial charge on any atom is 0.279 e. The van der Waals surface area contributed by atoms with E-state index in [0.29, 0.717) is 34.9 Å². The monoisotopic (exact) mass is 495 g/mol. The Balaban J connectivity index is 1.47. The number of hydrogen-bond donors (Lipinski definition) is 0. The van der Waals surface area contributed by atoms with E-state index in [1.54, 1.807) is 36.4 Å². The number of rotatable bonds is 3. The summed E-state index contributed by atoms with van der Waals surface area (Å²) in [6, 6.07) is 23.4. The van der Waals surface area contributed by atoms with E-state index in [0.717, 1.165) is 15.6 Å². The minimum atomic E-state index is -0.409. The zero-order valence-electron chi connectivity index (χ0n) is 17.5. The van der Waals surface area contributed by atoms with Crippen LogP contribution in [0.15, 0.2) is 112 Å². The lowest BCUT2D eigenvalue weighted by molar-refractivity contribution is 0.0999. The molecule has 0 radical (unpaired) electrons. The highest BCUT2D eigenvalue weighted by Crippen LogP contribution is 2.24. The molecule has 3 aromatic carbocycles. The lowest BCUT2D eigenvalue weighted by Crippen LogP contribution is -2.24. The second-order valence-electron chi connectivity index (χ2n) is 7.62. The van der Waals surface area contributed by atoms with Crippen molar-refractivity contribution in [3.05, 3.63) is 130 Å². The van der Waals surface area contributed by atoms with E-state index in [2.05, 4.69) is 25.9 Å². The number of fused-ring (bicyclic) bond motifs is 2. The number of aliphatic imine (C=N–C) groups is 2. The van der Waals surface area contributed by atoms with Crippen molar-refractivity contribution in [2.24, 2.45) is 9.98 Å². The van der Waals surface area contributed by atoms with Gasteiger partial charge >= 0.3 is 0 Å². The summed E-state index contributed by atoms with van der Waals surface area (Å²) in [7, 11) is 0. The van der Waals surface area contributed by atoms with Gasteiger partial charge in [-0.25, -0.2) is 4.99 Å². The zero-order valence-corrected chi connectivity index (χ0v) is 19.1. The third-order valence-electron chi connectivity index (χ3n) is 5.42. The van der Waals surface area contributed by atoms with Crippen LogP contribution in [0.25, 0.3) is 0 Å². The van der Waals surface area contributed by atoms with Crippen LogP contribution in [-0.4, -0.2) is 28.3 Å². The fourth-order valence-corrected chi connectivity index (χ4v) is 4.11. The van der Waals surface area contributed by atoms with Gasteiger partial charge in [-0.1, -0.05) is 66.7 Å². The first-order valence-electron chi connectivity index (χ1n) is 10.4. The number of hydrogen-bond acceptors (Lipinski definition) is 3. The van der Waals surface area contributed by atoms with Crippen LogP contribution >= 0.6 is 15.9 Å². The van der Waals surface area contributed by atoms with Gasteiger partial charge in [-0.2, -0.15) is 4.99 Å². The van der Waals surface area contributed by atoms with Crippen LogP contribution in [0.3, 0.4) is 0 Å². The largest absolute Gasteiger partial charge is 0.327 e. The molecule has 0 atom stereocenters. The van der Waals surface area contributed by atoms with Crippen molar-refractivity contribution in [2.45, 2.75) is 6.54 Å². The molecule has 5 rings (SSSR count). The Kier molecular flexibility index (Phi) is 5.67. The minimum Gasteiger partial charge on any atom is -0.327 e. The number of allylic oxidation sites excluding steroid dienone is 2. The molecule has 2 aliphatic rings. The van der Waals surface area contributed by atoms with Gasteiger partial charge in [-0.3, -0.25) is 9.59 Å². The summed E-state index contributed by atoms with van der Waals surface area (Å²) in [5.41, 5.74) is 3.37. The number of halogens is 1. The van der Waals surface area contributed by atoms with Crippen molar-refractivity contribution >= 4 is 39.3 Å². The van der Waals surface area contributed by atoms with E-state index in [4.69, 9.17) is 0 Å². The highest BCUT2D eigenvalue weighted by Gasteiger charge is 2.22. The molecule has 0 bridgehead atoms. The molecule has 0 unspecified atom stereocenters. The molecule has 0 saturated heterocycles. The van der Waals surface area contributed by atoms with Gasteiger partial charge in [-0.05, 0) is 45.8 Å². The van der Waals surface area contributed by atoms with Gasteiger partial charge in [0.15, 0.2) is 11.6 Å². The first-order valence-corrected chi connectivity index (χ1v) is 11.2. The molecule has 33 heavy (non-hydrogen) atoms. The van der Waals surface area contributed by atoms with Gasteiger partial charge in [0.25, 0.3) is 5.91 Å². The van der Waals surface area contributed by atoms with Crippen molar-refractivity contribution in [1.29, 1.82) is 0 Å². The predicted octanol–water partition coefficient (Wildman–Crippen LogP) is 5.52. The molecule has 0 N–H and O–H groups in total. The quantitative estimate of drug-likeness (QED) is 0.449. The van der Waals surface area contributed by atoms with Crippen LogP contribution in [0, 0.1) is 0 Å². The van der Waals surface area contributed by atoms with Gasteiger partial charge in [0, 0.05) is 39.5 Å². The van der Waals surface area contributed by atoms with E-state index in [-0.39, 0.29) is 5.78 Å². The summed E-state index contributed by atoms with van der Waals surface area (Å²) in [5.74, 6) is 0.583. The van der Waals surface area contributed by atoms with Crippen molar-refractivity contribution in [3.63, 3.8) is 0 Å². The number of ketones is 1. The third-order valence-corrected chi connectivity index (χ3v) is 5.89. The second-order valence-corrected chi connectivity index (χ2v) is 8.53. The van der Waals surface area contributed by atoms with E-state index in [9.17, 15) is 9.59 Å². The summed E-state index contributed by atoms with van der Waals surface area (Å²) in [6.45, 7) is 0.623. The Morgan fingerprint density at radius 2 is 1.48 bits per heavy atom. The molecule has 5 nitrogen and oxygen atoms in total. The standard InChI is InChI=1S/C27H18BrN3O2/c28-22-14-15-24-29-26(23-9-5-4-8-21(23)16-31(24)17-22)30-27(33)20-12-10-19(11-13-20)25(32)18-6-2-1-3-7-18/h1-15,17H,16H2. The number of nitrogens with zero attached hydrogens (tertiary/aromatic N) is 3. The predicted molar refractivity (Wildman–Crippen MR) is 133 cm³/mol. The topological polar surface area (TPSA) is 62.1 Å². The molecule has 3 aromatic rings. The molecule has 2 heterocycles. The Bertz CT molecular complexity index is 1370. The van der Waals surface area contributed by atoms with Crippen LogP contribution in [0.4, 0.5) is 0 Å². The number of benzene rings is 3. The number of amidine groups is 2. The highest BCUT2D eigenvalue weighted by molar-refractivity contribution is 9.11. The lowest BCUT2D eigenvalue weighted by Gasteiger charge is -2.21. The third kappa shape index (κ3) is 4.38. The second kappa shape index (κ2) is 8.92. The molecule has 2 aliphatic heterocycles. The Morgan fingerprint density at radius 1 is 0.818 bits per heavy atom. The molecular weight excluding hydrogens is 478 g/mol. The summed E-state index contributed by atoms with van der Waals surface area (Å²) in [5, 5.41) is 0. The Morgan fingerprint density at radius 3 is 2.27 bits per heavy atom. The average Bonchev–Trinajstić information content (AvgIpc) is 3.00. The smallest absolute Gasteiger partial charge is 0.279 e. The average molecular weight is 496 g/mol. The van der Waals surface area contributed by atoms with Crippen LogP contribution in [0.5, 0.6) is 0 Å². The van der Waals surface area contributed by atoms with Gasteiger partial charge in [0.2, 0.25) is 0 Å². The lowest BCUT2D eigenvalue weighted by atomic mass is 10.0. The fraction of sp³-hybridized carbons (Fsp3) is 0.0370. The molecular formula is C27H18BrN3O2. The maximum atomic E-state index is 13.0. The van der Waals surface area contributed by atoms with E-state index >= 15 is 0 Å². The summed E-state index contributed by atoms with van der Waals surface area (Å²) in [6.07, 6.45) is 5.76. The Hall–Kier alpha value is -3.90. The number of amides is 1. The van der Waals surface area contributed by atoms with E-state index in [1.807, 2.05) is 65.7 Å². The summed E-state index contributed by atoms with van der Waals surface area (Å²) >= 11 is 3.50. The molecule has 0 fully saturated rings. The molecule has 0 spiro atoms. The number of carbonyl (C=O) groups is 2. The normalized spacial score (nSPS) is 15.8. The molecule has 0 saturated carbocycles. The SMILES string of the molecule is O=C(N=C1N=C2C=CC(Br)=CN2Cc2ccccc21)c1ccc(C(=O)c2ccccc2)cc1. The van der Waals surface area contributed by atoms with Gasteiger partial charge < -0.3 is 4.90 Å². The number of carbonyl (C=O) groups excluding carboxylic acids is 2. The van der Waals surface area contributed by atoms with Crippen LogP contribution in [0.1, 0.15) is 37.4 Å². The van der Waals surface area contributed by atoms with Crippen LogP contribution in [0.2, 0.25) is 0 Å². The van der Waals surface area contributed by atoms with Crippen molar-refractivity contribution in [3.8, 4) is 0 Å². The van der Waals surface area contributed by atoms with Gasteiger partial charge in [0.1, 0.15) is 5.84 Å². The first kappa shape index (κ1) is 21.0. The molecule has 1 amide bonds. The summed E-state index contributed by atoms with van der Waals surface area (Å²) in [4.78, 5) is 36.7. The summed E-state index contributed by atoms with van der Waals surface area (Å²) < 4.78 is 0.945. The van der Waals surface area contributed by atoms with E-state index in [1.165, 1.54) is 0 Å². The first-order chi connectivity index (χ1) is 16.1. The van der Waals surface area contributed by atoms with E-state index < -0.39 is 5.91 Å². The maximum absolute atomic E-state index is 13.0. The fourth-order valence-electron chi connectivity index (χ4n) is 3.73. The van der Waals surface area contributed by atoms with Crippen LogP contribution < -0.4 is 0 Å². The van der Waals surface area contributed by atoms with Crippen molar-refractivity contribution in [1.82, 2.24) is 4.90 Å². The zero-order chi connectivity index (χ0) is 22.8. The minimum absolute atomic E-state index is 0.0894. The molecule has 0 aliphatic carbocycles. The molecule has 6 heteroatoms. The molecule has 0 aromatic heterocycles. The van der Waals surface area contributed by atoms with Gasteiger partial charge in [0.05, 0.1) is 0 Å².